The van der Waals surface area contributed by atoms with Crippen molar-refractivity contribution in [3.8, 4) is 0 Å². The van der Waals surface area contributed by atoms with Gasteiger partial charge >= 0.3 is 143 Å². The van der Waals surface area contributed by atoms with Crippen molar-refractivity contribution in [1.82, 2.24) is 4.98 Å². The molecule has 0 bridgehead atoms. The van der Waals surface area contributed by atoms with E-state index in [-0.39, 0.29) is 15.0 Å². The first-order valence-electron chi connectivity index (χ1n) is 8.22. The number of hydrogen-bond acceptors (Lipinski definition) is 1. The van der Waals surface area contributed by atoms with E-state index in [4.69, 9.17) is 4.98 Å². The van der Waals surface area contributed by atoms with Crippen LogP contribution in [0.25, 0.3) is 16.3 Å². The van der Waals surface area contributed by atoms with Gasteiger partial charge in [-0.2, -0.15) is 0 Å². The number of rotatable bonds is 3. The van der Waals surface area contributed by atoms with Crippen molar-refractivity contribution >= 4 is 40.2 Å². The van der Waals surface area contributed by atoms with Gasteiger partial charge in [-0.1, -0.05) is 0 Å². The molecule has 0 N–H and O–H groups in total. The van der Waals surface area contributed by atoms with Gasteiger partial charge in [0.15, 0.2) is 0 Å². The monoisotopic (exact) mass is 365 g/mol. The third kappa shape index (κ3) is 3.10. The van der Waals surface area contributed by atoms with Crippen LogP contribution in [0.3, 0.4) is 0 Å². The first kappa shape index (κ1) is 14.7. The second-order valence-corrected chi connectivity index (χ2v) is 8.19. The van der Waals surface area contributed by atoms with Crippen LogP contribution in [0.4, 0.5) is 0 Å². The zero-order valence-electron chi connectivity index (χ0n) is 13.0. The molecule has 0 atom stereocenters. The molecule has 0 radical (unpaired) electrons. The molecule has 0 amide bonds. The second kappa shape index (κ2) is 6.70. The molecule has 3 aromatic rings. The first-order valence-corrected chi connectivity index (χ1v) is 9.93. The fourth-order valence-electron chi connectivity index (χ4n) is 3.13. The Morgan fingerprint density at radius 3 is 2.52 bits per heavy atom. The summed E-state index contributed by atoms with van der Waals surface area (Å²) >= 11 is 0.280. The van der Waals surface area contributed by atoms with Crippen LogP contribution in [0, 0.1) is 0 Å². The Hall–Kier alpha value is -1.89. The van der Waals surface area contributed by atoms with Gasteiger partial charge in [-0.05, 0) is 0 Å². The van der Waals surface area contributed by atoms with E-state index in [1.165, 1.54) is 56.6 Å². The molecule has 23 heavy (non-hydrogen) atoms. The van der Waals surface area contributed by atoms with Crippen molar-refractivity contribution < 1.29 is 0 Å². The molecule has 1 aromatic heterocycles. The van der Waals surface area contributed by atoms with Crippen LogP contribution in [0.2, 0.25) is 0 Å². The van der Waals surface area contributed by atoms with Gasteiger partial charge < -0.3 is 0 Å². The van der Waals surface area contributed by atoms with E-state index in [0.29, 0.717) is 0 Å². The predicted molar refractivity (Wildman–Crippen MR) is 99.7 cm³/mol. The van der Waals surface area contributed by atoms with E-state index >= 15 is 0 Å². The van der Waals surface area contributed by atoms with Crippen LogP contribution in [0.1, 0.15) is 31.4 Å². The molecule has 0 unspecified atom stereocenters. The molecule has 0 saturated carbocycles. The number of benzene rings is 2. The SMILES string of the molecule is C1=C(c2ncc3ccccc3c2[Se]c2ccccc2)CCCC1. The molecule has 4 rings (SSSR count). The number of fused-ring (bicyclic) bond motifs is 1. The summed E-state index contributed by atoms with van der Waals surface area (Å²) in [4.78, 5) is 4.87. The molecule has 1 aliphatic rings. The van der Waals surface area contributed by atoms with Gasteiger partial charge in [-0.3, -0.25) is 0 Å². The Balaban J connectivity index is 1.88. The molecule has 1 nitrogen and oxygen atoms in total. The molecule has 0 aliphatic heterocycles. The van der Waals surface area contributed by atoms with Crippen molar-refractivity contribution in [3.63, 3.8) is 0 Å². The van der Waals surface area contributed by atoms with Crippen LogP contribution in [-0.4, -0.2) is 19.9 Å². The van der Waals surface area contributed by atoms with E-state index in [1.807, 2.05) is 6.20 Å². The average molecular weight is 364 g/mol. The van der Waals surface area contributed by atoms with Gasteiger partial charge in [0.25, 0.3) is 0 Å². The fourth-order valence-corrected chi connectivity index (χ4v) is 5.45. The maximum absolute atomic E-state index is 4.87. The van der Waals surface area contributed by atoms with Crippen molar-refractivity contribution in [2.75, 3.05) is 0 Å². The predicted octanol–water partition coefficient (Wildman–Crippen LogP) is 3.85. The van der Waals surface area contributed by atoms with Gasteiger partial charge in [0, 0.05) is 0 Å². The summed E-state index contributed by atoms with van der Waals surface area (Å²) in [5.74, 6) is 0. The third-order valence-electron chi connectivity index (χ3n) is 4.31. The van der Waals surface area contributed by atoms with Crippen LogP contribution in [0.15, 0.2) is 66.9 Å². The molecule has 0 spiro atoms. The van der Waals surface area contributed by atoms with Crippen molar-refractivity contribution in [2.24, 2.45) is 0 Å². The summed E-state index contributed by atoms with van der Waals surface area (Å²) in [6.45, 7) is 0. The molecular formula is C21H19NSe. The second-order valence-electron chi connectivity index (χ2n) is 5.91. The van der Waals surface area contributed by atoms with Gasteiger partial charge in [-0.15, -0.1) is 0 Å². The van der Waals surface area contributed by atoms with Crippen LogP contribution < -0.4 is 8.92 Å². The maximum atomic E-state index is 4.87. The van der Waals surface area contributed by atoms with Gasteiger partial charge in [0.2, 0.25) is 0 Å². The molecular weight excluding hydrogens is 345 g/mol. The molecule has 114 valence electrons. The fraction of sp³-hybridized carbons (Fsp3) is 0.190. The van der Waals surface area contributed by atoms with Gasteiger partial charge in [0.1, 0.15) is 0 Å². The average Bonchev–Trinajstić information content (AvgIpc) is 2.64. The van der Waals surface area contributed by atoms with Crippen molar-refractivity contribution in [1.29, 1.82) is 0 Å². The minimum atomic E-state index is 0.280. The Labute approximate surface area is 143 Å². The summed E-state index contributed by atoms with van der Waals surface area (Å²) in [5, 5.41) is 2.62. The Kier molecular flexibility index (Phi) is 4.28. The number of nitrogens with zero attached hydrogens (tertiary/aromatic N) is 1. The number of allylic oxidation sites excluding steroid dienone is 2. The first-order chi connectivity index (χ1) is 11.4. The summed E-state index contributed by atoms with van der Waals surface area (Å²) < 4.78 is 2.85. The molecule has 1 aliphatic carbocycles. The van der Waals surface area contributed by atoms with Crippen LogP contribution in [0.5, 0.6) is 0 Å². The minimum absolute atomic E-state index is 0.280. The normalized spacial score (nSPS) is 14.7. The summed E-state index contributed by atoms with van der Waals surface area (Å²) in [6, 6.07) is 19.5. The zero-order chi connectivity index (χ0) is 15.5. The molecule has 0 fully saturated rings. The number of hydrogen-bond donors (Lipinski definition) is 0. The zero-order valence-corrected chi connectivity index (χ0v) is 14.7. The summed E-state index contributed by atoms with van der Waals surface area (Å²) in [7, 11) is 0. The summed E-state index contributed by atoms with van der Waals surface area (Å²) in [5.41, 5.74) is 2.70. The Morgan fingerprint density at radius 2 is 1.70 bits per heavy atom. The van der Waals surface area contributed by atoms with E-state index in [0.717, 1.165) is 0 Å². The number of aromatic nitrogens is 1. The Bertz CT molecular complexity index is 852. The summed E-state index contributed by atoms with van der Waals surface area (Å²) in [6.07, 6.45) is 9.43. The number of pyridine rings is 1. The molecule has 0 saturated heterocycles. The molecule has 2 heteroatoms. The van der Waals surface area contributed by atoms with Gasteiger partial charge in [0.05, 0.1) is 0 Å². The van der Waals surface area contributed by atoms with Gasteiger partial charge in [-0.25, -0.2) is 0 Å². The van der Waals surface area contributed by atoms with E-state index in [2.05, 4.69) is 60.7 Å². The standard InChI is InChI=1S/C21H19NSe/c1-3-9-16(10-4-1)20-21(23-18-12-5-2-6-13-18)19-14-8-7-11-17(19)15-22-20/h2,5-9,11-15H,1,3-4,10H2. The van der Waals surface area contributed by atoms with E-state index < -0.39 is 0 Å². The van der Waals surface area contributed by atoms with Crippen molar-refractivity contribution in [2.45, 2.75) is 25.7 Å². The van der Waals surface area contributed by atoms with E-state index in [9.17, 15) is 0 Å². The molecule has 1 heterocycles. The van der Waals surface area contributed by atoms with Crippen LogP contribution in [-0.2, 0) is 0 Å². The quantitative estimate of drug-likeness (QED) is 0.644. The van der Waals surface area contributed by atoms with E-state index in [1.54, 1.807) is 0 Å². The van der Waals surface area contributed by atoms with Crippen molar-refractivity contribution in [3.05, 3.63) is 72.6 Å². The molecule has 2 aromatic carbocycles. The van der Waals surface area contributed by atoms with Crippen LogP contribution >= 0.6 is 0 Å². The third-order valence-corrected chi connectivity index (χ3v) is 6.67. The topological polar surface area (TPSA) is 12.9 Å². The Morgan fingerprint density at radius 1 is 0.870 bits per heavy atom.